The van der Waals surface area contributed by atoms with Gasteiger partial charge < -0.3 is 15.5 Å². The van der Waals surface area contributed by atoms with Crippen molar-refractivity contribution in [2.45, 2.75) is 19.8 Å². The maximum Gasteiger partial charge on any atom is 0.234 e. The molecule has 1 saturated heterocycles. The van der Waals surface area contributed by atoms with Crippen LogP contribution >= 0.6 is 11.8 Å². The van der Waals surface area contributed by atoms with Crippen LogP contribution in [0.25, 0.3) is 0 Å². The number of piperidine rings is 1. The number of nitrogens with one attached hydrogen (secondary N) is 2. The van der Waals surface area contributed by atoms with E-state index in [1.165, 1.54) is 11.8 Å². The molecule has 1 heterocycles. The minimum absolute atomic E-state index is 0.0654. The predicted octanol–water partition coefficient (Wildman–Crippen LogP) is 2.12. The molecule has 1 fully saturated rings. The first-order valence-electron chi connectivity index (χ1n) is 8.45. The van der Waals surface area contributed by atoms with Gasteiger partial charge in [-0.25, -0.2) is 0 Å². The highest BCUT2D eigenvalue weighted by molar-refractivity contribution is 8.00. The van der Waals surface area contributed by atoms with Gasteiger partial charge in [0, 0.05) is 18.8 Å². The Hall–Kier alpha value is -1.53. The van der Waals surface area contributed by atoms with Crippen LogP contribution in [0.5, 0.6) is 0 Å². The Bertz CT molecular complexity index is 540. The zero-order chi connectivity index (χ0) is 17.4. The second-order valence-electron chi connectivity index (χ2n) is 6.29. The fourth-order valence-corrected chi connectivity index (χ4v) is 3.55. The summed E-state index contributed by atoms with van der Waals surface area (Å²) in [6.45, 7) is 4.70. The standard InChI is InChI=1S/C18H27N3O2S/c1-14-3-5-16(6-4-14)20-17(22)12-24-13-18(23)21-9-7-15(8-10-21)11-19-2/h3-6,15,19H,7-13H2,1-2H3,(H,20,22). The van der Waals surface area contributed by atoms with Gasteiger partial charge >= 0.3 is 0 Å². The van der Waals surface area contributed by atoms with Crippen LogP contribution in [0, 0.1) is 12.8 Å². The number of thioether (sulfide) groups is 1. The highest BCUT2D eigenvalue weighted by atomic mass is 32.2. The summed E-state index contributed by atoms with van der Waals surface area (Å²) >= 11 is 1.38. The maximum absolute atomic E-state index is 12.2. The number of carbonyl (C=O) groups is 2. The molecule has 1 aromatic carbocycles. The monoisotopic (exact) mass is 349 g/mol. The quantitative estimate of drug-likeness (QED) is 0.792. The average molecular weight is 350 g/mol. The van der Waals surface area contributed by atoms with E-state index in [0.29, 0.717) is 17.4 Å². The van der Waals surface area contributed by atoms with Crippen LogP contribution < -0.4 is 10.6 Å². The third-order valence-electron chi connectivity index (χ3n) is 4.25. The summed E-state index contributed by atoms with van der Waals surface area (Å²) in [7, 11) is 1.97. The number of amides is 2. The molecule has 1 aromatic rings. The summed E-state index contributed by atoms with van der Waals surface area (Å²) in [5.41, 5.74) is 1.95. The lowest BCUT2D eigenvalue weighted by Crippen LogP contribution is -2.41. The number of carbonyl (C=O) groups excluding carboxylic acids is 2. The Labute approximate surface area is 148 Å². The summed E-state index contributed by atoms with van der Waals surface area (Å²) in [4.78, 5) is 26.0. The molecule has 24 heavy (non-hydrogen) atoms. The fraction of sp³-hybridized carbons (Fsp3) is 0.556. The van der Waals surface area contributed by atoms with Gasteiger partial charge in [0.1, 0.15) is 0 Å². The smallest absolute Gasteiger partial charge is 0.234 e. The summed E-state index contributed by atoms with van der Waals surface area (Å²) in [5.74, 6) is 1.43. The lowest BCUT2D eigenvalue weighted by Gasteiger charge is -2.31. The topological polar surface area (TPSA) is 61.4 Å². The van der Waals surface area contributed by atoms with Crippen LogP contribution in [0.15, 0.2) is 24.3 Å². The number of aryl methyl sites for hydroxylation is 1. The van der Waals surface area contributed by atoms with Crippen molar-refractivity contribution >= 4 is 29.3 Å². The number of rotatable bonds is 7. The number of likely N-dealkylation sites (tertiary alicyclic amines) is 1. The second kappa shape index (κ2) is 9.69. The van der Waals surface area contributed by atoms with Gasteiger partial charge in [0.25, 0.3) is 0 Å². The van der Waals surface area contributed by atoms with E-state index in [4.69, 9.17) is 0 Å². The van der Waals surface area contributed by atoms with E-state index in [0.717, 1.165) is 43.7 Å². The maximum atomic E-state index is 12.2. The van der Waals surface area contributed by atoms with Crippen molar-refractivity contribution in [2.75, 3.05) is 43.5 Å². The molecule has 1 aliphatic heterocycles. The van der Waals surface area contributed by atoms with Gasteiger partial charge in [0.2, 0.25) is 11.8 Å². The number of nitrogens with zero attached hydrogens (tertiary/aromatic N) is 1. The highest BCUT2D eigenvalue weighted by Gasteiger charge is 2.22. The molecule has 2 amide bonds. The minimum atomic E-state index is -0.0654. The molecule has 0 aromatic heterocycles. The van der Waals surface area contributed by atoms with Gasteiger partial charge in [-0.05, 0) is 51.4 Å². The first-order chi connectivity index (χ1) is 11.6. The first kappa shape index (κ1) is 18.8. The molecule has 0 saturated carbocycles. The average Bonchev–Trinajstić information content (AvgIpc) is 2.58. The summed E-state index contributed by atoms with van der Waals surface area (Å²) in [6.07, 6.45) is 2.12. The third-order valence-corrected chi connectivity index (χ3v) is 5.17. The molecule has 2 rings (SSSR count). The SMILES string of the molecule is CNCC1CCN(C(=O)CSCC(=O)Nc2ccc(C)cc2)CC1. The largest absolute Gasteiger partial charge is 0.342 e. The summed E-state index contributed by atoms with van der Waals surface area (Å²) in [5, 5.41) is 6.05. The van der Waals surface area contributed by atoms with E-state index in [2.05, 4.69) is 10.6 Å². The summed E-state index contributed by atoms with van der Waals surface area (Å²) in [6, 6.07) is 7.70. The highest BCUT2D eigenvalue weighted by Crippen LogP contribution is 2.17. The Morgan fingerprint density at radius 1 is 1.17 bits per heavy atom. The van der Waals surface area contributed by atoms with E-state index in [9.17, 15) is 9.59 Å². The van der Waals surface area contributed by atoms with Crippen LogP contribution in [0.3, 0.4) is 0 Å². The molecule has 2 N–H and O–H groups in total. The lowest BCUT2D eigenvalue weighted by molar-refractivity contribution is -0.129. The molecule has 1 aliphatic rings. The van der Waals surface area contributed by atoms with Crippen molar-refractivity contribution in [1.82, 2.24) is 10.2 Å². The number of anilines is 1. The van der Waals surface area contributed by atoms with Crippen LogP contribution in [-0.2, 0) is 9.59 Å². The second-order valence-corrected chi connectivity index (χ2v) is 7.27. The zero-order valence-electron chi connectivity index (χ0n) is 14.5. The Kier molecular flexibility index (Phi) is 7.59. The van der Waals surface area contributed by atoms with E-state index in [1.54, 1.807) is 0 Å². The van der Waals surface area contributed by atoms with Crippen LogP contribution in [0.2, 0.25) is 0 Å². The predicted molar refractivity (Wildman–Crippen MR) is 100 cm³/mol. The van der Waals surface area contributed by atoms with Crippen molar-refractivity contribution in [3.8, 4) is 0 Å². The molecule has 0 atom stereocenters. The van der Waals surface area contributed by atoms with Crippen molar-refractivity contribution in [2.24, 2.45) is 5.92 Å². The van der Waals surface area contributed by atoms with Gasteiger partial charge in [0.15, 0.2) is 0 Å². The van der Waals surface area contributed by atoms with Gasteiger partial charge in [0.05, 0.1) is 11.5 Å². The number of benzene rings is 1. The lowest BCUT2D eigenvalue weighted by atomic mass is 9.97. The Balaban J connectivity index is 1.63. The normalized spacial score (nSPS) is 15.3. The third kappa shape index (κ3) is 6.17. The van der Waals surface area contributed by atoms with Crippen molar-refractivity contribution < 1.29 is 9.59 Å². The van der Waals surface area contributed by atoms with Crippen molar-refractivity contribution in [3.63, 3.8) is 0 Å². The molecule has 5 nitrogen and oxygen atoms in total. The Morgan fingerprint density at radius 3 is 2.46 bits per heavy atom. The first-order valence-corrected chi connectivity index (χ1v) is 9.60. The van der Waals surface area contributed by atoms with Gasteiger partial charge in [-0.15, -0.1) is 11.8 Å². The van der Waals surface area contributed by atoms with Crippen LogP contribution in [0.4, 0.5) is 5.69 Å². The van der Waals surface area contributed by atoms with Crippen molar-refractivity contribution in [1.29, 1.82) is 0 Å². The fourth-order valence-electron chi connectivity index (χ4n) is 2.83. The van der Waals surface area contributed by atoms with E-state index >= 15 is 0 Å². The number of hydrogen-bond acceptors (Lipinski definition) is 4. The molecule has 0 aliphatic carbocycles. The molecule has 0 spiro atoms. The molecular formula is C18H27N3O2S. The number of hydrogen-bond donors (Lipinski definition) is 2. The molecule has 0 unspecified atom stereocenters. The summed E-state index contributed by atoms with van der Waals surface area (Å²) < 4.78 is 0. The molecular weight excluding hydrogens is 322 g/mol. The van der Waals surface area contributed by atoms with E-state index < -0.39 is 0 Å². The zero-order valence-corrected chi connectivity index (χ0v) is 15.3. The van der Waals surface area contributed by atoms with Crippen LogP contribution in [0.1, 0.15) is 18.4 Å². The minimum Gasteiger partial charge on any atom is -0.342 e. The molecule has 0 bridgehead atoms. The molecule has 6 heteroatoms. The van der Waals surface area contributed by atoms with Crippen molar-refractivity contribution in [3.05, 3.63) is 29.8 Å². The van der Waals surface area contributed by atoms with Crippen LogP contribution in [-0.4, -0.2) is 54.9 Å². The van der Waals surface area contributed by atoms with E-state index in [1.807, 2.05) is 43.1 Å². The molecule has 0 radical (unpaired) electrons. The van der Waals surface area contributed by atoms with Gasteiger partial charge in [-0.3, -0.25) is 9.59 Å². The van der Waals surface area contributed by atoms with E-state index in [-0.39, 0.29) is 11.8 Å². The van der Waals surface area contributed by atoms with Gasteiger partial charge in [-0.2, -0.15) is 0 Å². The van der Waals surface area contributed by atoms with Gasteiger partial charge in [-0.1, -0.05) is 17.7 Å². The molecule has 132 valence electrons. The Morgan fingerprint density at radius 2 is 1.83 bits per heavy atom.